The van der Waals surface area contributed by atoms with E-state index in [0.717, 1.165) is 0 Å². The van der Waals surface area contributed by atoms with Gasteiger partial charge < -0.3 is 15.8 Å². The van der Waals surface area contributed by atoms with Crippen LogP contribution >= 0.6 is 0 Å². The third-order valence-electron chi connectivity index (χ3n) is 1.95. The Balaban J connectivity index is 2.38. The molecule has 5 heteroatoms. The molecule has 1 aromatic rings. The van der Waals surface area contributed by atoms with Crippen LogP contribution in [0.4, 0.5) is 10.1 Å². The fourth-order valence-electron chi connectivity index (χ4n) is 1.21. The van der Waals surface area contributed by atoms with Gasteiger partial charge in [0.1, 0.15) is 24.2 Å². The van der Waals surface area contributed by atoms with Gasteiger partial charge in [0, 0.05) is 6.07 Å². The first-order valence-corrected chi connectivity index (χ1v) is 4.15. The zero-order chi connectivity index (χ0) is 10.1. The minimum atomic E-state index is -0.717. The SMILES string of the molecule is N[C@H]1COc2ccc(F)cc2NC1=O. The summed E-state index contributed by atoms with van der Waals surface area (Å²) in [5, 5.41) is 2.48. The fourth-order valence-corrected chi connectivity index (χ4v) is 1.21. The molecule has 74 valence electrons. The van der Waals surface area contributed by atoms with Crippen LogP contribution in [-0.2, 0) is 4.79 Å². The second kappa shape index (κ2) is 3.26. The van der Waals surface area contributed by atoms with Crippen molar-refractivity contribution in [3.8, 4) is 5.75 Å². The molecule has 0 bridgehead atoms. The lowest BCUT2D eigenvalue weighted by atomic mass is 10.2. The van der Waals surface area contributed by atoms with Gasteiger partial charge in [-0.1, -0.05) is 0 Å². The molecule has 4 nitrogen and oxygen atoms in total. The van der Waals surface area contributed by atoms with Gasteiger partial charge in [0.2, 0.25) is 5.91 Å². The molecule has 1 aliphatic heterocycles. The van der Waals surface area contributed by atoms with Crippen LogP contribution in [0, 0.1) is 5.82 Å². The van der Waals surface area contributed by atoms with E-state index in [1.807, 2.05) is 0 Å². The van der Waals surface area contributed by atoms with Crippen molar-refractivity contribution in [2.45, 2.75) is 6.04 Å². The molecule has 0 aromatic heterocycles. The second-order valence-corrected chi connectivity index (χ2v) is 3.05. The maximum absolute atomic E-state index is 12.8. The number of halogens is 1. The number of carbonyl (C=O) groups is 1. The number of rotatable bonds is 0. The van der Waals surface area contributed by atoms with Crippen LogP contribution in [0.1, 0.15) is 0 Å². The maximum atomic E-state index is 12.8. The Morgan fingerprint density at radius 1 is 1.57 bits per heavy atom. The number of ether oxygens (including phenoxy) is 1. The summed E-state index contributed by atoms with van der Waals surface area (Å²) >= 11 is 0. The first-order valence-electron chi connectivity index (χ1n) is 4.15. The molecule has 1 amide bonds. The van der Waals surface area contributed by atoms with Crippen molar-refractivity contribution < 1.29 is 13.9 Å². The number of carbonyl (C=O) groups excluding carboxylic acids is 1. The number of nitrogens with one attached hydrogen (secondary N) is 1. The summed E-state index contributed by atoms with van der Waals surface area (Å²) in [6.45, 7) is 0.102. The van der Waals surface area contributed by atoms with Crippen molar-refractivity contribution in [3.63, 3.8) is 0 Å². The van der Waals surface area contributed by atoms with Crippen LogP contribution in [-0.4, -0.2) is 18.6 Å². The second-order valence-electron chi connectivity index (χ2n) is 3.05. The Hall–Kier alpha value is -1.62. The average Bonchev–Trinajstić information content (AvgIpc) is 2.27. The molecule has 14 heavy (non-hydrogen) atoms. The molecule has 1 aromatic carbocycles. The quantitative estimate of drug-likeness (QED) is 0.634. The van der Waals surface area contributed by atoms with Crippen molar-refractivity contribution in [1.82, 2.24) is 0 Å². The standard InChI is InChI=1S/C9H9FN2O2/c10-5-1-2-8-7(3-5)12-9(13)6(11)4-14-8/h1-3,6H,4,11H2,(H,12,13)/t6-/m0/s1. The predicted octanol–water partition coefficient (Wildman–Crippen LogP) is 0.484. The summed E-state index contributed by atoms with van der Waals surface area (Å²) in [5.41, 5.74) is 5.79. The number of fused-ring (bicyclic) bond motifs is 1. The number of hydrogen-bond acceptors (Lipinski definition) is 3. The molecular formula is C9H9FN2O2. The minimum absolute atomic E-state index is 0.102. The van der Waals surface area contributed by atoms with Gasteiger partial charge in [-0.15, -0.1) is 0 Å². The Bertz CT molecular complexity index is 381. The molecule has 0 aliphatic carbocycles. The lowest BCUT2D eigenvalue weighted by Crippen LogP contribution is -2.38. The highest BCUT2D eigenvalue weighted by Crippen LogP contribution is 2.27. The molecule has 0 spiro atoms. The van der Waals surface area contributed by atoms with Crippen LogP contribution in [0.5, 0.6) is 5.75 Å². The number of anilines is 1. The third-order valence-corrected chi connectivity index (χ3v) is 1.95. The number of hydrogen-bond donors (Lipinski definition) is 2. The summed E-state index contributed by atoms with van der Waals surface area (Å²) in [5.74, 6) is -0.356. The summed E-state index contributed by atoms with van der Waals surface area (Å²) < 4.78 is 18.0. The number of amides is 1. The van der Waals surface area contributed by atoms with E-state index in [4.69, 9.17) is 10.5 Å². The highest BCUT2D eigenvalue weighted by molar-refractivity contribution is 5.96. The van der Waals surface area contributed by atoms with Gasteiger partial charge in [-0.25, -0.2) is 4.39 Å². The first kappa shape index (κ1) is 8.96. The van der Waals surface area contributed by atoms with Gasteiger partial charge >= 0.3 is 0 Å². The van der Waals surface area contributed by atoms with E-state index in [0.29, 0.717) is 11.4 Å². The van der Waals surface area contributed by atoms with Crippen LogP contribution < -0.4 is 15.8 Å². The molecule has 0 unspecified atom stereocenters. The predicted molar refractivity (Wildman–Crippen MR) is 48.5 cm³/mol. The van der Waals surface area contributed by atoms with Gasteiger partial charge in [0.05, 0.1) is 5.69 Å². The molecule has 0 saturated carbocycles. The monoisotopic (exact) mass is 196 g/mol. The molecule has 0 radical (unpaired) electrons. The molecule has 3 N–H and O–H groups in total. The zero-order valence-electron chi connectivity index (χ0n) is 7.29. The Morgan fingerprint density at radius 3 is 3.14 bits per heavy atom. The van der Waals surface area contributed by atoms with Crippen LogP contribution in [0.25, 0.3) is 0 Å². The molecule has 0 saturated heterocycles. The van der Waals surface area contributed by atoms with E-state index in [1.54, 1.807) is 0 Å². The van der Waals surface area contributed by atoms with Gasteiger partial charge in [-0.2, -0.15) is 0 Å². The van der Waals surface area contributed by atoms with E-state index >= 15 is 0 Å². The fraction of sp³-hybridized carbons (Fsp3) is 0.222. The molecule has 1 atom stereocenters. The van der Waals surface area contributed by atoms with E-state index in [-0.39, 0.29) is 12.5 Å². The van der Waals surface area contributed by atoms with Crippen LogP contribution in [0.3, 0.4) is 0 Å². The van der Waals surface area contributed by atoms with Crippen molar-refractivity contribution in [2.75, 3.05) is 11.9 Å². The summed E-state index contributed by atoms with van der Waals surface area (Å²) in [4.78, 5) is 11.2. The molecule has 0 fully saturated rings. The van der Waals surface area contributed by atoms with E-state index in [9.17, 15) is 9.18 Å². The summed E-state index contributed by atoms with van der Waals surface area (Å²) in [6, 6.07) is 3.21. The van der Waals surface area contributed by atoms with Gasteiger partial charge in [0.15, 0.2) is 0 Å². The van der Waals surface area contributed by atoms with Gasteiger partial charge in [-0.3, -0.25) is 4.79 Å². The van der Waals surface area contributed by atoms with E-state index in [2.05, 4.69) is 5.32 Å². The normalized spacial score (nSPS) is 20.4. The first-order chi connectivity index (χ1) is 6.66. The molecule has 1 aliphatic rings. The van der Waals surface area contributed by atoms with Crippen LogP contribution in [0.15, 0.2) is 18.2 Å². The highest BCUT2D eigenvalue weighted by atomic mass is 19.1. The summed E-state index contributed by atoms with van der Waals surface area (Å²) in [6.07, 6.45) is 0. The minimum Gasteiger partial charge on any atom is -0.489 e. The van der Waals surface area contributed by atoms with Gasteiger partial charge in [-0.05, 0) is 12.1 Å². The lowest BCUT2D eigenvalue weighted by Gasteiger charge is -2.05. The van der Waals surface area contributed by atoms with Crippen LogP contribution in [0.2, 0.25) is 0 Å². The number of benzene rings is 1. The summed E-state index contributed by atoms with van der Waals surface area (Å²) in [7, 11) is 0. The van der Waals surface area contributed by atoms with Crippen molar-refractivity contribution in [3.05, 3.63) is 24.0 Å². The van der Waals surface area contributed by atoms with Crippen molar-refractivity contribution >= 4 is 11.6 Å². The van der Waals surface area contributed by atoms with E-state index < -0.39 is 11.9 Å². The topological polar surface area (TPSA) is 64.3 Å². The molecule has 1 heterocycles. The smallest absolute Gasteiger partial charge is 0.244 e. The maximum Gasteiger partial charge on any atom is 0.244 e. The average molecular weight is 196 g/mol. The van der Waals surface area contributed by atoms with E-state index in [1.165, 1.54) is 18.2 Å². The zero-order valence-corrected chi connectivity index (χ0v) is 7.29. The lowest BCUT2D eigenvalue weighted by molar-refractivity contribution is -0.117. The third kappa shape index (κ3) is 1.54. The Kier molecular flexibility index (Phi) is 2.09. The van der Waals surface area contributed by atoms with Gasteiger partial charge in [0.25, 0.3) is 0 Å². The largest absolute Gasteiger partial charge is 0.489 e. The Labute approximate surface area is 79.9 Å². The Morgan fingerprint density at radius 2 is 2.36 bits per heavy atom. The number of nitrogens with two attached hydrogens (primary N) is 1. The highest BCUT2D eigenvalue weighted by Gasteiger charge is 2.21. The molecular weight excluding hydrogens is 187 g/mol. The van der Waals surface area contributed by atoms with Crippen molar-refractivity contribution in [2.24, 2.45) is 5.73 Å². The van der Waals surface area contributed by atoms with Crippen molar-refractivity contribution in [1.29, 1.82) is 0 Å². The molecule has 2 rings (SSSR count).